The lowest BCUT2D eigenvalue weighted by atomic mass is 9.95. The molecule has 1 aromatic rings. The fourth-order valence-electron chi connectivity index (χ4n) is 2.47. The predicted molar refractivity (Wildman–Crippen MR) is 75.1 cm³/mol. The number of hydrogen-bond donors (Lipinski definition) is 1. The maximum atomic E-state index is 5.87. The molecule has 0 aliphatic carbocycles. The molecule has 1 aliphatic rings. The Hall–Kier alpha value is -1.26. The van der Waals surface area contributed by atoms with Crippen LogP contribution >= 0.6 is 0 Å². The van der Waals surface area contributed by atoms with Gasteiger partial charge in [-0.15, -0.1) is 0 Å². The molecule has 1 heterocycles. The standard InChI is InChI=1S/C15H23NO3/c1-10(2)16-9-14-11-5-6-13(17-3)15(18-4)12(11)7-8-19-14/h5-6,10,14,16H,7-9H2,1-4H3/t14-/m0/s1. The van der Waals surface area contributed by atoms with Gasteiger partial charge in [0, 0.05) is 18.2 Å². The van der Waals surface area contributed by atoms with Crippen LogP contribution in [0.5, 0.6) is 11.5 Å². The molecule has 1 N–H and O–H groups in total. The lowest BCUT2D eigenvalue weighted by Crippen LogP contribution is -2.31. The monoisotopic (exact) mass is 265 g/mol. The molecule has 1 aliphatic heterocycles. The van der Waals surface area contributed by atoms with Crippen LogP contribution in [0.4, 0.5) is 0 Å². The number of fused-ring (bicyclic) bond motifs is 1. The summed E-state index contributed by atoms with van der Waals surface area (Å²) in [7, 11) is 3.36. The highest BCUT2D eigenvalue weighted by Crippen LogP contribution is 2.39. The van der Waals surface area contributed by atoms with E-state index in [0.29, 0.717) is 6.04 Å². The topological polar surface area (TPSA) is 39.7 Å². The molecule has 0 saturated heterocycles. The summed E-state index contributed by atoms with van der Waals surface area (Å²) >= 11 is 0. The smallest absolute Gasteiger partial charge is 0.164 e. The highest BCUT2D eigenvalue weighted by atomic mass is 16.5. The zero-order valence-corrected chi connectivity index (χ0v) is 12.2. The van der Waals surface area contributed by atoms with Crippen molar-refractivity contribution in [3.63, 3.8) is 0 Å². The number of nitrogens with one attached hydrogen (secondary N) is 1. The molecule has 0 fully saturated rings. The van der Waals surface area contributed by atoms with Crippen molar-refractivity contribution in [1.29, 1.82) is 0 Å². The van der Waals surface area contributed by atoms with Gasteiger partial charge in [-0.3, -0.25) is 0 Å². The first kappa shape index (κ1) is 14.2. The fraction of sp³-hybridized carbons (Fsp3) is 0.600. The largest absolute Gasteiger partial charge is 0.493 e. The van der Waals surface area contributed by atoms with Crippen LogP contribution in [0.25, 0.3) is 0 Å². The van der Waals surface area contributed by atoms with Crippen LogP contribution in [0.2, 0.25) is 0 Å². The molecule has 0 saturated carbocycles. The normalized spacial score (nSPS) is 18.3. The third-order valence-corrected chi connectivity index (χ3v) is 3.41. The Morgan fingerprint density at radius 1 is 1.32 bits per heavy atom. The molecule has 0 bridgehead atoms. The van der Waals surface area contributed by atoms with E-state index in [1.807, 2.05) is 6.07 Å². The summed E-state index contributed by atoms with van der Waals surface area (Å²) in [5, 5.41) is 3.43. The van der Waals surface area contributed by atoms with E-state index in [4.69, 9.17) is 14.2 Å². The predicted octanol–water partition coefficient (Wildman–Crippen LogP) is 2.32. The average molecular weight is 265 g/mol. The highest BCUT2D eigenvalue weighted by molar-refractivity contribution is 5.52. The Morgan fingerprint density at radius 2 is 2.11 bits per heavy atom. The summed E-state index contributed by atoms with van der Waals surface area (Å²) in [6, 6.07) is 4.49. The van der Waals surface area contributed by atoms with Crippen LogP contribution in [0.1, 0.15) is 31.1 Å². The van der Waals surface area contributed by atoms with E-state index in [1.54, 1.807) is 14.2 Å². The van der Waals surface area contributed by atoms with E-state index >= 15 is 0 Å². The molecule has 0 radical (unpaired) electrons. The number of rotatable bonds is 5. The third-order valence-electron chi connectivity index (χ3n) is 3.41. The van der Waals surface area contributed by atoms with Gasteiger partial charge in [0.1, 0.15) is 0 Å². The summed E-state index contributed by atoms with van der Waals surface area (Å²) in [4.78, 5) is 0. The molecule has 1 atom stereocenters. The Kier molecular flexibility index (Phi) is 4.66. The fourth-order valence-corrected chi connectivity index (χ4v) is 2.47. The van der Waals surface area contributed by atoms with Crippen molar-refractivity contribution in [2.45, 2.75) is 32.4 Å². The molecule has 0 aromatic heterocycles. The minimum Gasteiger partial charge on any atom is -0.493 e. The first-order valence-corrected chi connectivity index (χ1v) is 6.76. The second kappa shape index (κ2) is 6.26. The van der Waals surface area contributed by atoms with E-state index in [0.717, 1.165) is 31.1 Å². The van der Waals surface area contributed by atoms with Gasteiger partial charge in [-0.25, -0.2) is 0 Å². The minimum absolute atomic E-state index is 0.0888. The minimum atomic E-state index is 0.0888. The van der Waals surface area contributed by atoms with Crippen molar-refractivity contribution < 1.29 is 14.2 Å². The molecule has 19 heavy (non-hydrogen) atoms. The van der Waals surface area contributed by atoms with E-state index < -0.39 is 0 Å². The SMILES string of the molecule is COc1ccc2c(c1OC)CCO[C@H]2CNC(C)C. The van der Waals surface area contributed by atoms with E-state index in [9.17, 15) is 0 Å². The summed E-state index contributed by atoms with van der Waals surface area (Å²) in [5.74, 6) is 1.64. The Balaban J connectivity index is 2.29. The molecule has 106 valence electrons. The second-order valence-electron chi connectivity index (χ2n) is 5.04. The van der Waals surface area contributed by atoms with Gasteiger partial charge in [0.15, 0.2) is 11.5 Å². The molecular formula is C15H23NO3. The third kappa shape index (κ3) is 3.01. The molecule has 0 amide bonds. The van der Waals surface area contributed by atoms with Crippen molar-refractivity contribution in [2.24, 2.45) is 0 Å². The summed E-state index contributed by atoms with van der Waals surface area (Å²) in [6.45, 7) is 5.82. The van der Waals surface area contributed by atoms with E-state index in [1.165, 1.54) is 11.1 Å². The molecule has 4 nitrogen and oxygen atoms in total. The molecular weight excluding hydrogens is 242 g/mol. The average Bonchev–Trinajstić information content (AvgIpc) is 2.43. The lowest BCUT2D eigenvalue weighted by molar-refractivity contribution is 0.0404. The first-order valence-electron chi connectivity index (χ1n) is 6.76. The van der Waals surface area contributed by atoms with Gasteiger partial charge in [0.2, 0.25) is 0 Å². The van der Waals surface area contributed by atoms with Crippen LogP contribution in [-0.2, 0) is 11.2 Å². The number of benzene rings is 1. The van der Waals surface area contributed by atoms with Gasteiger partial charge in [-0.1, -0.05) is 19.9 Å². The highest BCUT2D eigenvalue weighted by Gasteiger charge is 2.25. The van der Waals surface area contributed by atoms with Crippen LogP contribution < -0.4 is 14.8 Å². The maximum Gasteiger partial charge on any atom is 0.164 e. The maximum absolute atomic E-state index is 5.87. The van der Waals surface area contributed by atoms with Crippen molar-refractivity contribution in [3.05, 3.63) is 23.3 Å². The van der Waals surface area contributed by atoms with Crippen molar-refractivity contribution in [3.8, 4) is 11.5 Å². The van der Waals surface area contributed by atoms with Crippen LogP contribution in [0.15, 0.2) is 12.1 Å². The zero-order chi connectivity index (χ0) is 13.8. The van der Waals surface area contributed by atoms with Crippen molar-refractivity contribution in [2.75, 3.05) is 27.4 Å². The van der Waals surface area contributed by atoms with E-state index in [-0.39, 0.29) is 6.10 Å². The summed E-state index contributed by atoms with van der Waals surface area (Å²) < 4.78 is 16.7. The van der Waals surface area contributed by atoms with Gasteiger partial charge in [0.05, 0.1) is 26.9 Å². The molecule has 0 unspecified atom stereocenters. The van der Waals surface area contributed by atoms with Crippen molar-refractivity contribution >= 4 is 0 Å². The number of hydrogen-bond acceptors (Lipinski definition) is 4. The van der Waals surface area contributed by atoms with Gasteiger partial charge in [0.25, 0.3) is 0 Å². The molecule has 0 spiro atoms. The van der Waals surface area contributed by atoms with Crippen LogP contribution in [-0.4, -0.2) is 33.4 Å². The summed E-state index contributed by atoms with van der Waals surface area (Å²) in [5.41, 5.74) is 2.42. The molecule has 1 aromatic carbocycles. The van der Waals surface area contributed by atoms with Gasteiger partial charge in [-0.05, 0) is 18.1 Å². The summed E-state index contributed by atoms with van der Waals surface area (Å²) in [6.07, 6.45) is 0.958. The molecule has 4 heteroatoms. The second-order valence-corrected chi connectivity index (χ2v) is 5.04. The van der Waals surface area contributed by atoms with E-state index in [2.05, 4.69) is 25.2 Å². The van der Waals surface area contributed by atoms with Crippen molar-refractivity contribution in [1.82, 2.24) is 5.32 Å². The zero-order valence-electron chi connectivity index (χ0n) is 12.2. The molecule has 2 rings (SSSR count). The van der Waals surface area contributed by atoms with Gasteiger partial charge >= 0.3 is 0 Å². The first-order chi connectivity index (χ1) is 9.17. The van der Waals surface area contributed by atoms with Gasteiger partial charge in [-0.2, -0.15) is 0 Å². The van der Waals surface area contributed by atoms with Gasteiger partial charge < -0.3 is 19.5 Å². The quantitative estimate of drug-likeness (QED) is 0.887. The number of ether oxygens (including phenoxy) is 3. The Morgan fingerprint density at radius 3 is 2.74 bits per heavy atom. The Labute approximate surface area is 115 Å². The van der Waals surface area contributed by atoms with Crippen LogP contribution in [0.3, 0.4) is 0 Å². The van der Waals surface area contributed by atoms with Crippen LogP contribution in [0, 0.1) is 0 Å². The lowest BCUT2D eigenvalue weighted by Gasteiger charge is -2.29. The number of methoxy groups -OCH3 is 2. The Bertz CT molecular complexity index is 432.